The van der Waals surface area contributed by atoms with Crippen LogP contribution in [0.1, 0.15) is 43.2 Å². The highest BCUT2D eigenvalue weighted by molar-refractivity contribution is 5.27. The Hall–Kier alpha value is -1.54. The maximum Gasteiger partial charge on any atom is 0.121 e. The lowest BCUT2D eigenvalue weighted by molar-refractivity contribution is 0.0109. The first-order chi connectivity index (χ1) is 10.4. The van der Waals surface area contributed by atoms with E-state index in [4.69, 9.17) is 9.47 Å². The molecule has 2 heteroatoms. The summed E-state index contributed by atoms with van der Waals surface area (Å²) in [6.07, 6.45) is 13.6. The molecule has 0 radical (unpaired) electrons. The van der Waals surface area contributed by atoms with E-state index in [0.717, 1.165) is 19.3 Å². The van der Waals surface area contributed by atoms with Crippen LogP contribution < -0.4 is 0 Å². The summed E-state index contributed by atoms with van der Waals surface area (Å²) < 4.78 is 11.3. The van der Waals surface area contributed by atoms with E-state index in [2.05, 4.69) is 36.4 Å². The molecule has 1 unspecified atom stereocenters. The average Bonchev–Trinajstić information content (AvgIpc) is 3.03. The molecule has 112 valence electrons. The summed E-state index contributed by atoms with van der Waals surface area (Å²) in [5.41, 5.74) is 4.25. The van der Waals surface area contributed by atoms with E-state index in [9.17, 15) is 0 Å². The fourth-order valence-corrected chi connectivity index (χ4v) is 2.93. The highest BCUT2D eigenvalue weighted by atomic mass is 16.5. The third-order valence-corrected chi connectivity index (χ3v) is 4.18. The molecule has 0 fully saturated rings. The SMILES string of the molecule is C1=COC(COCc2ccc(CC3=CCCC3)cc2)CC1. The van der Waals surface area contributed by atoms with Crippen molar-refractivity contribution in [2.24, 2.45) is 0 Å². The summed E-state index contributed by atoms with van der Waals surface area (Å²) in [5.74, 6) is 0. The van der Waals surface area contributed by atoms with Gasteiger partial charge in [0.15, 0.2) is 0 Å². The van der Waals surface area contributed by atoms with Gasteiger partial charge in [-0.15, -0.1) is 0 Å². The number of hydrogen-bond donors (Lipinski definition) is 0. The monoisotopic (exact) mass is 284 g/mol. The van der Waals surface area contributed by atoms with Crippen LogP contribution in [0.3, 0.4) is 0 Å². The van der Waals surface area contributed by atoms with Gasteiger partial charge in [-0.1, -0.05) is 35.9 Å². The quantitative estimate of drug-likeness (QED) is 0.714. The molecule has 1 aromatic rings. The lowest BCUT2D eigenvalue weighted by Crippen LogP contribution is -2.19. The summed E-state index contributed by atoms with van der Waals surface area (Å²) in [5, 5.41) is 0. The Labute approximate surface area is 127 Å². The van der Waals surface area contributed by atoms with E-state index in [0.29, 0.717) is 13.2 Å². The molecule has 1 aliphatic carbocycles. The minimum Gasteiger partial charge on any atom is -0.496 e. The smallest absolute Gasteiger partial charge is 0.121 e. The first-order valence-electron chi connectivity index (χ1n) is 8.04. The second-order valence-corrected chi connectivity index (χ2v) is 5.97. The molecular weight excluding hydrogens is 260 g/mol. The van der Waals surface area contributed by atoms with Crippen molar-refractivity contribution in [2.45, 2.75) is 51.2 Å². The number of allylic oxidation sites excluding steroid dienone is 3. The van der Waals surface area contributed by atoms with Crippen molar-refractivity contribution in [3.05, 3.63) is 59.4 Å². The lowest BCUT2D eigenvalue weighted by atomic mass is 10.0. The number of ether oxygens (including phenoxy) is 2. The van der Waals surface area contributed by atoms with E-state index in [1.807, 2.05) is 0 Å². The molecule has 1 aromatic carbocycles. The minimum absolute atomic E-state index is 0.226. The van der Waals surface area contributed by atoms with Gasteiger partial charge in [0.05, 0.1) is 19.5 Å². The summed E-state index contributed by atoms with van der Waals surface area (Å²) in [6, 6.07) is 8.84. The molecule has 1 heterocycles. The van der Waals surface area contributed by atoms with E-state index in [1.165, 1.54) is 30.4 Å². The normalized spacial score (nSPS) is 21.1. The molecule has 3 rings (SSSR count). The van der Waals surface area contributed by atoms with Crippen LogP contribution in [0, 0.1) is 0 Å². The molecule has 0 saturated carbocycles. The largest absolute Gasteiger partial charge is 0.496 e. The van der Waals surface area contributed by atoms with E-state index in [1.54, 1.807) is 11.8 Å². The summed E-state index contributed by atoms with van der Waals surface area (Å²) in [6.45, 7) is 1.35. The zero-order valence-electron chi connectivity index (χ0n) is 12.6. The fourth-order valence-electron chi connectivity index (χ4n) is 2.93. The lowest BCUT2D eigenvalue weighted by Gasteiger charge is -2.19. The summed E-state index contributed by atoms with van der Waals surface area (Å²) in [7, 11) is 0. The predicted molar refractivity (Wildman–Crippen MR) is 85.0 cm³/mol. The van der Waals surface area contributed by atoms with Gasteiger partial charge >= 0.3 is 0 Å². The molecule has 0 bridgehead atoms. The Balaban J connectivity index is 1.42. The van der Waals surface area contributed by atoms with Crippen LogP contribution in [0.2, 0.25) is 0 Å². The zero-order chi connectivity index (χ0) is 14.3. The topological polar surface area (TPSA) is 18.5 Å². The Morgan fingerprint density at radius 1 is 1.10 bits per heavy atom. The van der Waals surface area contributed by atoms with E-state index in [-0.39, 0.29) is 6.10 Å². The van der Waals surface area contributed by atoms with Crippen LogP contribution in [0.15, 0.2) is 48.3 Å². The van der Waals surface area contributed by atoms with Crippen LogP contribution in [-0.2, 0) is 22.5 Å². The van der Waals surface area contributed by atoms with Crippen LogP contribution in [0.5, 0.6) is 0 Å². The van der Waals surface area contributed by atoms with Gasteiger partial charge < -0.3 is 9.47 Å². The number of rotatable bonds is 6. The van der Waals surface area contributed by atoms with Crippen LogP contribution in [-0.4, -0.2) is 12.7 Å². The zero-order valence-corrected chi connectivity index (χ0v) is 12.6. The average molecular weight is 284 g/mol. The van der Waals surface area contributed by atoms with Crippen molar-refractivity contribution in [1.29, 1.82) is 0 Å². The second kappa shape index (κ2) is 7.46. The van der Waals surface area contributed by atoms with Gasteiger partial charge in [-0.25, -0.2) is 0 Å². The molecule has 0 aromatic heterocycles. The van der Waals surface area contributed by atoms with Gasteiger partial charge in [-0.2, -0.15) is 0 Å². The minimum atomic E-state index is 0.226. The summed E-state index contributed by atoms with van der Waals surface area (Å²) in [4.78, 5) is 0. The van der Waals surface area contributed by atoms with Gasteiger partial charge in [0.1, 0.15) is 6.10 Å². The second-order valence-electron chi connectivity index (χ2n) is 5.97. The van der Waals surface area contributed by atoms with Gasteiger partial charge in [0.25, 0.3) is 0 Å². The van der Waals surface area contributed by atoms with Gasteiger partial charge in [0.2, 0.25) is 0 Å². The predicted octanol–water partition coefficient (Wildman–Crippen LogP) is 4.55. The van der Waals surface area contributed by atoms with Crippen molar-refractivity contribution < 1.29 is 9.47 Å². The third kappa shape index (κ3) is 4.47. The Kier molecular flexibility index (Phi) is 5.12. The highest BCUT2D eigenvalue weighted by Crippen LogP contribution is 2.22. The van der Waals surface area contributed by atoms with E-state index < -0.39 is 0 Å². The van der Waals surface area contributed by atoms with Gasteiger partial charge in [-0.3, -0.25) is 0 Å². The Morgan fingerprint density at radius 3 is 2.67 bits per heavy atom. The fraction of sp³-hybridized carbons (Fsp3) is 0.474. The molecule has 0 spiro atoms. The Morgan fingerprint density at radius 2 is 1.95 bits per heavy atom. The maximum atomic E-state index is 5.76. The molecule has 21 heavy (non-hydrogen) atoms. The maximum absolute atomic E-state index is 5.76. The molecule has 0 amide bonds. The van der Waals surface area contributed by atoms with E-state index >= 15 is 0 Å². The molecule has 0 saturated heterocycles. The highest BCUT2D eigenvalue weighted by Gasteiger charge is 2.11. The first-order valence-corrected chi connectivity index (χ1v) is 8.04. The third-order valence-electron chi connectivity index (χ3n) is 4.18. The number of hydrogen-bond acceptors (Lipinski definition) is 2. The van der Waals surface area contributed by atoms with Crippen LogP contribution in [0.25, 0.3) is 0 Å². The van der Waals surface area contributed by atoms with Gasteiger partial charge in [-0.05, 0) is 55.7 Å². The molecule has 0 N–H and O–H groups in total. The van der Waals surface area contributed by atoms with Crippen LogP contribution in [0.4, 0.5) is 0 Å². The molecule has 2 nitrogen and oxygen atoms in total. The van der Waals surface area contributed by atoms with Crippen molar-refractivity contribution in [2.75, 3.05) is 6.61 Å². The first kappa shape index (κ1) is 14.4. The number of benzene rings is 1. The summed E-state index contributed by atoms with van der Waals surface area (Å²) >= 11 is 0. The van der Waals surface area contributed by atoms with Crippen molar-refractivity contribution in [3.8, 4) is 0 Å². The van der Waals surface area contributed by atoms with Crippen molar-refractivity contribution in [3.63, 3.8) is 0 Å². The van der Waals surface area contributed by atoms with Crippen molar-refractivity contribution >= 4 is 0 Å². The molecule has 2 aliphatic rings. The molecule has 1 aliphatic heterocycles. The van der Waals surface area contributed by atoms with Gasteiger partial charge in [0, 0.05) is 0 Å². The molecular formula is C19H24O2. The standard InChI is InChI=1S/C19H24O2/c1-2-6-16(5-1)13-17-8-10-18(11-9-17)14-20-15-19-7-3-4-12-21-19/h4-5,8-12,19H,1-3,6-7,13-15H2. The molecule has 1 atom stereocenters. The van der Waals surface area contributed by atoms with Crippen LogP contribution >= 0.6 is 0 Å². The van der Waals surface area contributed by atoms with Crippen molar-refractivity contribution in [1.82, 2.24) is 0 Å². The Bertz CT molecular complexity index is 499.